The average Bonchev–Trinajstić information content (AvgIpc) is 2.44. The van der Waals surface area contributed by atoms with E-state index in [0.29, 0.717) is 0 Å². The molecule has 2 nitrogen and oxygen atoms in total. The number of hydrogen-bond acceptors (Lipinski definition) is 2. The molecule has 3 rings (SSSR count). The second-order valence-electron chi connectivity index (χ2n) is 6.42. The van der Waals surface area contributed by atoms with Crippen LogP contribution in [-0.4, -0.2) is 29.2 Å². The van der Waals surface area contributed by atoms with Crippen molar-refractivity contribution in [2.24, 2.45) is 5.41 Å². The van der Waals surface area contributed by atoms with Crippen molar-refractivity contribution in [3.63, 3.8) is 0 Å². The maximum atomic E-state index is 10.4. The van der Waals surface area contributed by atoms with Crippen LogP contribution in [0.2, 0.25) is 0 Å². The first-order chi connectivity index (χ1) is 9.28. The Morgan fingerprint density at radius 3 is 2.68 bits per heavy atom. The molecule has 0 amide bonds. The summed E-state index contributed by atoms with van der Waals surface area (Å²) in [6, 6.07) is 10.7. The van der Waals surface area contributed by atoms with Crippen molar-refractivity contribution in [2.45, 2.75) is 51.2 Å². The van der Waals surface area contributed by atoms with E-state index in [2.05, 4.69) is 35.2 Å². The van der Waals surface area contributed by atoms with Gasteiger partial charge in [0, 0.05) is 18.5 Å². The molecule has 2 atom stereocenters. The summed E-state index contributed by atoms with van der Waals surface area (Å²) in [5.41, 5.74) is 1.59. The first-order valence-electron chi connectivity index (χ1n) is 7.73. The Morgan fingerprint density at radius 2 is 1.89 bits per heavy atom. The minimum absolute atomic E-state index is 0.0696. The van der Waals surface area contributed by atoms with E-state index in [1.807, 2.05) is 0 Å². The summed E-state index contributed by atoms with van der Waals surface area (Å²) >= 11 is 0. The van der Waals surface area contributed by atoms with Gasteiger partial charge in [-0.2, -0.15) is 0 Å². The maximum absolute atomic E-state index is 10.4. The number of nitrogens with zero attached hydrogens (tertiary/aromatic N) is 1. The molecule has 0 radical (unpaired) electrons. The van der Waals surface area contributed by atoms with Gasteiger partial charge in [0.1, 0.15) is 0 Å². The third-order valence-corrected chi connectivity index (χ3v) is 5.05. The molecular formula is C17H25NO. The molecule has 1 spiro atoms. The molecule has 1 aromatic rings. The standard InChI is InChI=1S/C17H25NO/c19-16-9-4-5-10-17(16)11-6-12-18(14-17)13-15-7-2-1-3-8-15/h1-3,7-8,16,19H,4-6,9-14H2/t16-,17+/m0/s1. The Balaban J connectivity index is 1.67. The predicted octanol–water partition coefficient (Wildman–Crippen LogP) is 3.20. The summed E-state index contributed by atoms with van der Waals surface area (Å²) in [5.74, 6) is 0. The van der Waals surface area contributed by atoms with Crippen molar-refractivity contribution in [1.29, 1.82) is 0 Å². The molecule has 104 valence electrons. The van der Waals surface area contributed by atoms with E-state index in [9.17, 15) is 5.11 Å². The molecule has 0 unspecified atom stereocenters. The van der Waals surface area contributed by atoms with Crippen molar-refractivity contribution in [3.8, 4) is 0 Å². The second kappa shape index (κ2) is 5.64. The summed E-state index contributed by atoms with van der Waals surface area (Å²) in [7, 11) is 0. The van der Waals surface area contributed by atoms with Crippen molar-refractivity contribution in [2.75, 3.05) is 13.1 Å². The Bertz CT molecular complexity index is 401. The van der Waals surface area contributed by atoms with Crippen molar-refractivity contribution < 1.29 is 5.11 Å². The fourth-order valence-corrected chi connectivity index (χ4v) is 4.00. The maximum Gasteiger partial charge on any atom is 0.0608 e. The Labute approximate surface area is 116 Å². The zero-order chi connectivity index (χ0) is 13.1. The van der Waals surface area contributed by atoms with Crippen LogP contribution in [-0.2, 0) is 6.54 Å². The van der Waals surface area contributed by atoms with Crippen LogP contribution in [0.3, 0.4) is 0 Å². The van der Waals surface area contributed by atoms with E-state index in [-0.39, 0.29) is 11.5 Å². The zero-order valence-electron chi connectivity index (χ0n) is 11.7. The second-order valence-corrected chi connectivity index (χ2v) is 6.42. The summed E-state index contributed by atoms with van der Waals surface area (Å²) < 4.78 is 0. The lowest BCUT2D eigenvalue weighted by atomic mass is 9.67. The summed E-state index contributed by atoms with van der Waals surface area (Å²) in [5, 5.41) is 10.4. The smallest absolute Gasteiger partial charge is 0.0608 e. The molecule has 1 aromatic carbocycles. The molecule has 1 aliphatic heterocycles. The van der Waals surface area contributed by atoms with Gasteiger partial charge in [-0.1, -0.05) is 43.2 Å². The van der Waals surface area contributed by atoms with Crippen LogP contribution in [0, 0.1) is 5.41 Å². The van der Waals surface area contributed by atoms with E-state index in [4.69, 9.17) is 0 Å². The molecule has 1 heterocycles. The number of likely N-dealkylation sites (tertiary alicyclic amines) is 1. The first kappa shape index (κ1) is 13.1. The fraction of sp³-hybridized carbons (Fsp3) is 0.647. The zero-order valence-corrected chi connectivity index (χ0v) is 11.7. The molecule has 0 aromatic heterocycles. The summed E-state index contributed by atoms with van der Waals surface area (Å²) in [6.45, 7) is 3.31. The number of hydrogen-bond donors (Lipinski definition) is 1. The Kier molecular flexibility index (Phi) is 3.90. The highest BCUT2D eigenvalue weighted by atomic mass is 16.3. The quantitative estimate of drug-likeness (QED) is 0.881. The van der Waals surface area contributed by atoms with Crippen LogP contribution in [0.4, 0.5) is 0 Å². The van der Waals surface area contributed by atoms with Crippen LogP contribution in [0.5, 0.6) is 0 Å². The Morgan fingerprint density at radius 1 is 1.11 bits per heavy atom. The van der Waals surface area contributed by atoms with Gasteiger partial charge in [0.25, 0.3) is 0 Å². The van der Waals surface area contributed by atoms with E-state index in [1.54, 1.807) is 0 Å². The fourth-order valence-electron chi connectivity index (χ4n) is 4.00. The molecule has 2 heteroatoms. The lowest BCUT2D eigenvalue weighted by molar-refractivity contribution is -0.0612. The molecule has 2 fully saturated rings. The monoisotopic (exact) mass is 259 g/mol. The van der Waals surface area contributed by atoms with Crippen LogP contribution in [0.25, 0.3) is 0 Å². The van der Waals surface area contributed by atoms with Crippen LogP contribution >= 0.6 is 0 Å². The van der Waals surface area contributed by atoms with Crippen molar-refractivity contribution in [3.05, 3.63) is 35.9 Å². The minimum Gasteiger partial charge on any atom is -0.393 e. The van der Waals surface area contributed by atoms with Gasteiger partial charge >= 0.3 is 0 Å². The van der Waals surface area contributed by atoms with Crippen LogP contribution < -0.4 is 0 Å². The average molecular weight is 259 g/mol. The van der Waals surface area contributed by atoms with Gasteiger partial charge in [-0.3, -0.25) is 4.90 Å². The topological polar surface area (TPSA) is 23.5 Å². The minimum atomic E-state index is -0.0696. The van der Waals surface area contributed by atoms with Crippen LogP contribution in [0.1, 0.15) is 44.1 Å². The van der Waals surface area contributed by atoms with Gasteiger partial charge in [0.2, 0.25) is 0 Å². The van der Waals surface area contributed by atoms with Gasteiger partial charge in [-0.05, 0) is 37.8 Å². The molecule has 1 aliphatic carbocycles. The number of benzene rings is 1. The highest BCUT2D eigenvalue weighted by molar-refractivity contribution is 5.14. The molecule has 2 aliphatic rings. The van der Waals surface area contributed by atoms with Crippen molar-refractivity contribution >= 4 is 0 Å². The predicted molar refractivity (Wildman–Crippen MR) is 77.9 cm³/mol. The molecule has 0 bridgehead atoms. The number of rotatable bonds is 2. The molecule has 1 saturated carbocycles. The largest absolute Gasteiger partial charge is 0.393 e. The molecule has 1 N–H and O–H groups in total. The number of aliphatic hydroxyl groups is 1. The third-order valence-electron chi connectivity index (χ3n) is 5.05. The molecule has 1 saturated heterocycles. The van der Waals surface area contributed by atoms with E-state index in [1.165, 1.54) is 44.2 Å². The molecular weight excluding hydrogens is 234 g/mol. The number of aliphatic hydroxyl groups excluding tert-OH is 1. The SMILES string of the molecule is O[C@H]1CCCC[C@]12CCCN(Cc1ccccc1)C2. The summed E-state index contributed by atoms with van der Waals surface area (Å²) in [4.78, 5) is 2.55. The number of piperidine rings is 1. The van der Waals surface area contributed by atoms with Gasteiger partial charge < -0.3 is 5.11 Å². The lowest BCUT2D eigenvalue weighted by Crippen LogP contribution is -2.50. The van der Waals surface area contributed by atoms with Crippen molar-refractivity contribution in [1.82, 2.24) is 4.90 Å². The lowest BCUT2D eigenvalue weighted by Gasteiger charge is -2.48. The highest BCUT2D eigenvalue weighted by Crippen LogP contribution is 2.43. The first-order valence-corrected chi connectivity index (χ1v) is 7.73. The van der Waals surface area contributed by atoms with Gasteiger partial charge in [-0.15, -0.1) is 0 Å². The van der Waals surface area contributed by atoms with E-state index < -0.39 is 0 Å². The third kappa shape index (κ3) is 2.85. The van der Waals surface area contributed by atoms with Gasteiger partial charge in [0.05, 0.1) is 6.10 Å². The van der Waals surface area contributed by atoms with E-state index in [0.717, 1.165) is 19.5 Å². The normalized spacial score (nSPS) is 32.6. The highest BCUT2D eigenvalue weighted by Gasteiger charge is 2.42. The van der Waals surface area contributed by atoms with Crippen LogP contribution in [0.15, 0.2) is 30.3 Å². The van der Waals surface area contributed by atoms with Gasteiger partial charge in [0.15, 0.2) is 0 Å². The Hall–Kier alpha value is -0.860. The van der Waals surface area contributed by atoms with E-state index >= 15 is 0 Å². The summed E-state index contributed by atoms with van der Waals surface area (Å²) in [6.07, 6.45) is 7.14. The van der Waals surface area contributed by atoms with Gasteiger partial charge in [-0.25, -0.2) is 0 Å². The molecule has 19 heavy (non-hydrogen) atoms.